The molecular weight excluding hydrogens is 318 g/mol. The SMILES string of the molecule is Pc1ccc2c(c1C1=C3OCCOC3=CC[C@H]1P)OCCO2. The van der Waals surface area contributed by atoms with Crippen molar-refractivity contribution in [1.29, 1.82) is 0 Å². The Morgan fingerprint density at radius 2 is 1.73 bits per heavy atom. The number of allylic oxidation sites excluding steroid dienone is 2. The highest BCUT2D eigenvalue weighted by molar-refractivity contribution is 7.27. The van der Waals surface area contributed by atoms with Gasteiger partial charge in [-0.15, -0.1) is 18.5 Å². The van der Waals surface area contributed by atoms with Gasteiger partial charge in [0.1, 0.15) is 26.4 Å². The maximum absolute atomic E-state index is 5.93. The van der Waals surface area contributed by atoms with Crippen molar-refractivity contribution in [3.8, 4) is 11.5 Å². The summed E-state index contributed by atoms with van der Waals surface area (Å²) in [5.41, 5.74) is 2.43. The van der Waals surface area contributed by atoms with Gasteiger partial charge in [0.05, 0.1) is 0 Å². The zero-order chi connectivity index (χ0) is 15.1. The van der Waals surface area contributed by atoms with Crippen molar-refractivity contribution >= 4 is 29.4 Å². The minimum absolute atomic E-state index is 0.261. The van der Waals surface area contributed by atoms with E-state index in [0.29, 0.717) is 26.4 Å². The first-order valence-corrected chi connectivity index (χ1v) is 8.64. The lowest BCUT2D eigenvalue weighted by atomic mass is 9.93. The summed E-state index contributed by atoms with van der Waals surface area (Å²) in [6.45, 7) is 2.33. The van der Waals surface area contributed by atoms with E-state index in [1.54, 1.807) is 0 Å². The molecule has 116 valence electrons. The van der Waals surface area contributed by atoms with E-state index < -0.39 is 0 Å². The van der Waals surface area contributed by atoms with E-state index in [1.807, 2.05) is 12.1 Å². The molecule has 0 saturated carbocycles. The highest BCUT2D eigenvalue weighted by Crippen LogP contribution is 2.45. The zero-order valence-corrected chi connectivity index (χ0v) is 14.4. The van der Waals surface area contributed by atoms with Crippen LogP contribution in [-0.4, -0.2) is 32.1 Å². The number of hydrogen-bond donors (Lipinski definition) is 0. The molecule has 1 aliphatic carbocycles. The second-order valence-corrected chi connectivity index (χ2v) is 6.83. The van der Waals surface area contributed by atoms with Crippen LogP contribution in [0.2, 0.25) is 0 Å². The van der Waals surface area contributed by atoms with Gasteiger partial charge >= 0.3 is 0 Å². The first kappa shape index (κ1) is 14.4. The van der Waals surface area contributed by atoms with Crippen LogP contribution in [-0.2, 0) is 9.47 Å². The average molecular weight is 336 g/mol. The summed E-state index contributed by atoms with van der Waals surface area (Å²) in [5.74, 6) is 3.29. The fourth-order valence-corrected chi connectivity index (χ4v) is 3.86. The van der Waals surface area contributed by atoms with E-state index in [0.717, 1.165) is 45.9 Å². The van der Waals surface area contributed by atoms with Crippen LogP contribution in [0.4, 0.5) is 0 Å². The highest BCUT2D eigenvalue weighted by atomic mass is 31.0. The third kappa shape index (κ3) is 2.30. The molecule has 2 unspecified atom stereocenters. The molecule has 4 nitrogen and oxygen atoms in total. The lowest BCUT2D eigenvalue weighted by molar-refractivity contribution is 0.0587. The van der Waals surface area contributed by atoms with E-state index >= 15 is 0 Å². The van der Waals surface area contributed by atoms with Crippen LogP contribution in [0.5, 0.6) is 11.5 Å². The number of hydrogen-bond acceptors (Lipinski definition) is 4. The van der Waals surface area contributed by atoms with Gasteiger partial charge in [-0.2, -0.15) is 0 Å². The highest BCUT2D eigenvalue weighted by Gasteiger charge is 2.32. The normalized spacial score (nSPS) is 23.2. The number of ether oxygens (including phenoxy) is 4. The molecule has 4 rings (SSSR count). The van der Waals surface area contributed by atoms with Crippen molar-refractivity contribution in [3.63, 3.8) is 0 Å². The van der Waals surface area contributed by atoms with Crippen LogP contribution in [0.25, 0.3) is 5.57 Å². The molecular formula is C16H18O4P2. The standard InChI is InChI=1S/C16H18O4P2/c21-11-3-1-9-15(19-7-5-17-9)13(11)14-12(22)4-2-10-16(14)20-8-6-18-10/h1-3,12H,4-8,21-22H2/t12-/m1/s1. The quantitative estimate of drug-likeness (QED) is 0.737. The predicted molar refractivity (Wildman–Crippen MR) is 91.8 cm³/mol. The van der Waals surface area contributed by atoms with E-state index in [-0.39, 0.29) is 5.66 Å². The van der Waals surface area contributed by atoms with E-state index in [2.05, 4.69) is 24.6 Å². The summed E-state index contributed by atoms with van der Waals surface area (Å²) >= 11 is 0. The number of rotatable bonds is 1. The average Bonchev–Trinajstić information content (AvgIpc) is 2.56. The molecule has 3 aliphatic rings. The summed E-state index contributed by atoms with van der Waals surface area (Å²) in [4.78, 5) is 0. The second-order valence-electron chi connectivity index (χ2n) is 5.40. The molecule has 0 radical (unpaired) electrons. The van der Waals surface area contributed by atoms with Crippen molar-refractivity contribution < 1.29 is 18.9 Å². The molecule has 1 saturated heterocycles. The van der Waals surface area contributed by atoms with Crippen LogP contribution in [0, 0.1) is 0 Å². The van der Waals surface area contributed by atoms with Gasteiger partial charge < -0.3 is 18.9 Å². The monoisotopic (exact) mass is 336 g/mol. The van der Waals surface area contributed by atoms with Crippen LogP contribution in [0.1, 0.15) is 12.0 Å². The summed E-state index contributed by atoms with van der Waals surface area (Å²) in [6, 6.07) is 4.00. The second kappa shape index (κ2) is 5.76. The van der Waals surface area contributed by atoms with Gasteiger partial charge in [-0.3, -0.25) is 0 Å². The lowest BCUT2D eigenvalue weighted by Gasteiger charge is -2.32. The van der Waals surface area contributed by atoms with Crippen molar-refractivity contribution in [2.45, 2.75) is 12.1 Å². The van der Waals surface area contributed by atoms with Crippen LogP contribution < -0.4 is 14.8 Å². The van der Waals surface area contributed by atoms with Gasteiger partial charge in [0.15, 0.2) is 23.0 Å². The number of fused-ring (bicyclic) bond motifs is 2. The Kier molecular flexibility index (Phi) is 3.76. The Hall–Kier alpha value is -1.24. The molecule has 22 heavy (non-hydrogen) atoms. The maximum Gasteiger partial charge on any atom is 0.169 e. The third-order valence-corrected chi connectivity index (χ3v) is 5.08. The predicted octanol–water partition coefficient (Wildman–Crippen LogP) is 2.25. The number of benzene rings is 1. The molecule has 0 N–H and O–H groups in total. The summed E-state index contributed by atoms with van der Waals surface area (Å²) in [7, 11) is 5.70. The molecule has 3 atom stereocenters. The van der Waals surface area contributed by atoms with Crippen molar-refractivity contribution in [3.05, 3.63) is 35.3 Å². The Labute approximate surface area is 134 Å². The van der Waals surface area contributed by atoms with Gasteiger partial charge in [0, 0.05) is 16.8 Å². The van der Waals surface area contributed by atoms with E-state index in [9.17, 15) is 0 Å². The molecule has 0 bridgehead atoms. The van der Waals surface area contributed by atoms with Gasteiger partial charge in [0.25, 0.3) is 0 Å². The third-order valence-electron chi connectivity index (χ3n) is 3.99. The van der Waals surface area contributed by atoms with Gasteiger partial charge in [-0.1, -0.05) is 6.07 Å². The summed E-state index contributed by atoms with van der Waals surface area (Å²) < 4.78 is 23.3. The largest absolute Gasteiger partial charge is 0.486 e. The molecule has 0 aromatic heterocycles. The Balaban J connectivity index is 1.93. The summed E-state index contributed by atoms with van der Waals surface area (Å²) in [5, 5.41) is 1.08. The topological polar surface area (TPSA) is 36.9 Å². The zero-order valence-electron chi connectivity index (χ0n) is 12.1. The molecule has 2 heterocycles. The van der Waals surface area contributed by atoms with Crippen molar-refractivity contribution in [1.82, 2.24) is 0 Å². The molecule has 0 amide bonds. The van der Waals surface area contributed by atoms with E-state index in [1.165, 1.54) is 0 Å². The molecule has 6 heteroatoms. The van der Waals surface area contributed by atoms with Gasteiger partial charge in [-0.25, -0.2) is 0 Å². The van der Waals surface area contributed by atoms with E-state index in [4.69, 9.17) is 18.9 Å². The molecule has 1 aromatic rings. The van der Waals surface area contributed by atoms with Crippen molar-refractivity contribution in [2.24, 2.45) is 0 Å². The molecule has 2 aliphatic heterocycles. The smallest absolute Gasteiger partial charge is 0.169 e. The van der Waals surface area contributed by atoms with Crippen molar-refractivity contribution in [2.75, 3.05) is 26.4 Å². The van der Waals surface area contributed by atoms with Crippen LogP contribution >= 0.6 is 18.5 Å². The first-order valence-electron chi connectivity index (χ1n) is 7.40. The molecule has 0 spiro atoms. The van der Waals surface area contributed by atoms with Gasteiger partial charge in [-0.05, 0) is 23.9 Å². The van der Waals surface area contributed by atoms with Gasteiger partial charge in [0.2, 0.25) is 0 Å². The fraction of sp³-hybridized carbons (Fsp3) is 0.375. The summed E-state index contributed by atoms with van der Waals surface area (Å²) in [6.07, 6.45) is 3.00. The van der Waals surface area contributed by atoms with Crippen LogP contribution in [0.3, 0.4) is 0 Å². The molecule has 1 aromatic carbocycles. The Morgan fingerprint density at radius 3 is 2.64 bits per heavy atom. The minimum atomic E-state index is 0.261. The lowest BCUT2D eigenvalue weighted by Crippen LogP contribution is -2.25. The first-order chi connectivity index (χ1) is 10.8. The molecule has 1 fully saturated rings. The maximum atomic E-state index is 5.93. The minimum Gasteiger partial charge on any atom is -0.486 e. The van der Waals surface area contributed by atoms with Crippen LogP contribution in [0.15, 0.2) is 29.7 Å². The Bertz CT molecular complexity index is 681. The fourth-order valence-electron chi connectivity index (χ4n) is 3.02. The Morgan fingerprint density at radius 1 is 0.955 bits per heavy atom.